The summed E-state index contributed by atoms with van der Waals surface area (Å²) in [5, 5.41) is 8.25. The van der Waals surface area contributed by atoms with Crippen LogP contribution in [-0.4, -0.2) is 45.9 Å². The molecule has 3 rings (SSSR count). The van der Waals surface area contributed by atoms with Gasteiger partial charge in [0, 0.05) is 37.0 Å². The Morgan fingerprint density at radius 3 is 2.62 bits per heavy atom. The van der Waals surface area contributed by atoms with E-state index in [4.69, 9.17) is 4.74 Å². The summed E-state index contributed by atoms with van der Waals surface area (Å²) in [5.74, 6) is 1.58. The number of carbonyl (C=O) groups is 1. The van der Waals surface area contributed by atoms with Gasteiger partial charge < -0.3 is 9.64 Å². The van der Waals surface area contributed by atoms with Gasteiger partial charge in [0.1, 0.15) is 5.82 Å². The molecule has 1 fully saturated rings. The lowest BCUT2D eigenvalue weighted by molar-refractivity contribution is 0.194. The fraction of sp³-hybridized carbons (Fsp3) is 0.562. The van der Waals surface area contributed by atoms with E-state index in [0.717, 1.165) is 31.6 Å². The minimum atomic E-state index is -0.0920. The van der Waals surface area contributed by atoms with Crippen LogP contribution in [0, 0.1) is 13.8 Å². The fourth-order valence-electron chi connectivity index (χ4n) is 2.85. The minimum Gasteiger partial charge on any atom is -0.480 e. The van der Waals surface area contributed by atoms with E-state index in [1.54, 1.807) is 36.2 Å². The number of carbonyl (C=O) groups excluding carboxylic acids is 1. The first kappa shape index (κ1) is 16.8. The van der Waals surface area contributed by atoms with E-state index in [-0.39, 0.29) is 6.03 Å². The highest BCUT2D eigenvalue weighted by atomic mass is 32.1. The van der Waals surface area contributed by atoms with Crippen LogP contribution < -0.4 is 10.1 Å². The summed E-state index contributed by atoms with van der Waals surface area (Å²) < 4.78 is 6.68. The summed E-state index contributed by atoms with van der Waals surface area (Å²) in [6.07, 6.45) is 1.91. The number of methoxy groups -OCH3 is 1. The molecule has 2 aromatic rings. The van der Waals surface area contributed by atoms with Crippen LogP contribution in [-0.2, 0) is 7.05 Å². The number of anilines is 1. The number of piperidine rings is 1. The monoisotopic (exact) mass is 349 g/mol. The molecule has 24 heavy (non-hydrogen) atoms. The molecule has 0 aromatic carbocycles. The van der Waals surface area contributed by atoms with Crippen LogP contribution in [0.2, 0.25) is 0 Å². The smallest absolute Gasteiger partial charge is 0.323 e. The van der Waals surface area contributed by atoms with Gasteiger partial charge in [0.05, 0.1) is 17.8 Å². The highest BCUT2D eigenvalue weighted by Gasteiger charge is 2.26. The molecule has 7 nitrogen and oxygen atoms in total. The van der Waals surface area contributed by atoms with Crippen LogP contribution in [0.3, 0.4) is 0 Å². The first-order valence-corrected chi connectivity index (χ1v) is 8.87. The maximum atomic E-state index is 12.4. The van der Waals surface area contributed by atoms with Gasteiger partial charge in [-0.2, -0.15) is 0 Å². The first-order chi connectivity index (χ1) is 11.5. The van der Waals surface area contributed by atoms with E-state index in [2.05, 4.69) is 29.2 Å². The Morgan fingerprint density at radius 1 is 1.38 bits per heavy atom. The van der Waals surface area contributed by atoms with Crippen LogP contribution in [0.1, 0.15) is 34.3 Å². The third-order valence-corrected chi connectivity index (χ3v) is 5.71. The molecular weight excluding hydrogens is 326 g/mol. The molecule has 1 saturated heterocycles. The normalized spacial score (nSPS) is 15.6. The number of ether oxygens (including phenoxy) is 1. The van der Waals surface area contributed by atoms with Crippen molar-refractivity contribution < 1.29 is 9.53 Å². The SMILES string of the molecule is COc1cc(NC(=O)N2CCC(c3nc(C)c(C)s3)CC2)n(C)n1. The first-order valence-electron chi connectivity index (χ1n) is 8.05. The topological polar surface area (TPSA) is 72.3 Å². The molecule has 1 aliphatic rings. The van der Waals surface area contributed by atoms with Crippen molar-refractivity contribution in [1.82, 2.24) is 19.7 Å². The highest BCUT2D eigenvalue weighted by molar-refractivity contribution is 7.11. The van der Waals surface area contributed by atoms with Crippen LogP contribution in [0.5, 0.6) is 5.88 Å². The molecule has 130 valence electrons. The number of aryl methyl sites for hydroxylation is 3. The third kappa shape index (κ3) is 3.38. The number of hydrogen-bond donors (Lipinski definition) is 1. The molecule has 2 aromatic heterocycles. The summed E-state index contributed by atoms with van der Waals surface area (Å²) in [6.45, 7) is 5.65. The summed E-state index contributed by atoms with van der Waals surface area (Å²) in [6, 6.07) is 1.62. The van der Waals surface area contributed by atoms with Gasteiger partial charge in [0.15, 0.2) is 0 Å². The lowest BCUT2D eigenvalue weighted by Gasteiger charge is -2.31. The second-order valence-corrected chi connectivity index (χ2v) is 7.32. The summed E-state index contributed by atoms with van der Waals surface area (Å²) in [4.78, 5) is 20.2. The summed E-state index contributed by atoms with van der Waals surface area (Å²) in [5.41, 5.74) is 1.13. The second kappa shape index (κ2) is 6.80. The van der Waals surface area contributed by atoms with Gasteiger partial charge in [0.25, 0.3) is 0 Å². The van der Waals surface area contributed by atoms with E-state index in [1.165, 1.54) is 9.88 Å². The molecule has 0 aliphatic carbocycles. The predicted octanol–water partition coefficient (Wildman–Crippen LogP) is 2.91. The Balaban J connectivity index is 1.57. The maximum Gasteiger partial charge on any atom is 0.323 e. The standard InChI is InChI=1S/C16H23N5O2S/c1-10-11(2)24-15(17-10)12-5-7-21(8-6-12)16(22)18-13-9-14(23-4)19-20(13)3/h9,12H,5-8H2,1-4H3,(H,18,22). The number of likely N-dealkylation sites (tertiary alicyclic amines) is 1. The zero-order valence-electron chi connectivity index (χ0n) is 14.5. The fourth-order valence-corrected chi connectivity index (χ4v) is 3.94. The Hall–Kier alpha value is -2.09. The maximum absolute atomic E-state index is 12.4. The van der Waals surface area contributed by atoms with Crippen molar-refractivity contribution in [2.24, 2.45) is 7.05 Å². The molecule has 3 heterocycles. The number of amides is 2. The lowest BCUT2D eigenvalue weighted by atomic mass is 9.98. The van der Waals surface area contributed by atoms with Crippen LogP contribution >= 0.6 is 11.3 Å². The number of nitrogens with one attached hydrogen (secondary N) is 1. The van der Waals surface area contributed by atoms with Gasteiger partial charge in [-0.1, -0.05) is 0 Å². The number of thiazole rings is 1. The van der Waals surface area contributed by atoms with Crippen molar-refractivity contribution in [3.8, 4) is 5.88 Å². The zero-order valence-corrected chi connectivity index (χ0v) is 15.3. The lowest BCUT2D eigenvalue weighted by Crippen LogP contribution is -2.40. The van der Waals surface area contributed by atoms with Crippen LogP contribution in [0.4, 0.5) is 10.6 Å². The van der Waals surface area contributed by atoms with E-state index < -0.39 is 0 Å². The number of hydrogen-bond acceptors (Lipinski definition) is 5. The van der Waals surface area contributed by atoms with E-state index >= 15 is 0 Å². The van der Waals surface area contributed by atoms with E-state index in [0.29, 0.717) is 17.6 Å². The van der Waals surface area contributed by atoms with Gasteiger partial charge in [-0.25, -0.2) is 14.5 Å². The molecule has 2 amide bonds. The quantitative estimate of drug-likeness (QED) is 0.925. The van der Waals surface area contributed by atoms with Crippen LogP contribution in [0.15, 0.2) is 6.07 Å². The average Bonchev–Trinajstić information content (AvgIpc) is 3.10. The van der Waals surface area contributed by atoms with Crippen molar-refractivity contribution in [2.45, 2.75) is 32.6 Å². The van der Waals surface area contributed by atoms with E-state index in [9.17, 15) is 4.79 Å². The molecule has 0 radical (unpaired) electrons. The van der Waals surface area contributed by atoms with Gasteiger partial charge in [0.2, 0.25) is 5.88 Å². The number of nitrogens with zero attached hydrogens (tertiary/aromatic N) is 4. The van der Waals surface area contributed by atoms with Gasteiger partial charge in [-0.05, 0) is 26.7 Å². The minimum absolute atomic E-state index is 0.0920. The predicted molar refractivity (Wildman–Crippen MR) is 93.9 cm³/mol. The molecule has 1 N–H and O–H groups in total. The molecule has 0 spiro atoms. The van der Waals surface area contributed by atoms with Gasteiger partial charge in [-0.15, -0.1) is 16.4 Å². The van der Waals surface area contributed by atoms with Crippen LogP contribution in [0.25, 0.3) is 0 Å². The third-order valence-electron chi connectivity index (χ3n) is 4.48. The van der Waals surface area contributed by atoms with Crippen molar-refractivity contribution in [3.63, 3.8) is 0 Å². The van der Waals surface area contributed by atoms with Crippen molar-refractivity contribution >= 4 is 23.2 Å². The Labute approximate surface area is 145 Å². The molecule has 0 saturated carbocycles. The molecular formula is C16H23N5O2S. The molecule has 1 aliphatic heterocycles. The number of urea groups is 1. The Kier molecular flexibility index (Phi) is 4.75. The molecule has 8 heteroatoms. The molecule has 0 unspecified atom stereocenters. The van der Waals surface area contributed by atoms with E-state index in [1.807, 2.05) is 4.90 Å². The molecule has 0 bridgehead atoms. The largest absolute Gasteiger partial charge is 0.480 e. The number of rotatable bonds is 3. The Bertz CT molecular complexity index is 711. The highest BCUT2D eigenvalue weighted by Crippen LogP contribution is 2.32. The second-order valence-electron chi connectivity index (χ2n) is 6.08. The van der Waals surface area contributed by atoms with Gasteiger partial charge in [-0.3, -0.25) is 5.32 Å². The molecule has 0 atom stereocenters. The zero-order chi connectivity index (χ0) is 17.3. The Morgan fingerprint density at radius 2 is 2.08 bits per heavy atom. The van der Waals surface area contributed by atoms with Crippen molar-refractivity contribution in [2.75, 3.05) is 25.5 Å². The van der Waals surface area contributed by atoms with Crippen molar-refractivity contribution in [1.29, 1.82) is 0 Å². The summed E-state index contributed by atoms with van der Waals surface area (Å²) in [7, 11) is 3.33. The van der Waals surface area contributed by atoms with Gasteiger partial charge >= 0.3 is 6.03 Å². The average molecular weight is 349 g/mol. The number of aromatic nitrogens is 3. The summed E-state index contributed by atoms with van der Waals surface area (Å²) >= 11 is 1.78. The van der Waals surface area contributed by atoms with Crippen molar-refractivity contribution in [3.05, 3.63) is 21.6 Å².